The highest BCUT2D eigenvalue weighted by atomic mass is 14.4. The van der Waals surface area contributed by atoms with Crippen molar-refractivity contribution in [1.29, 1.82) is 0 Å². The Morgan fingerprint density at radius 1 is 0.232 bits per heavy atom. The van der Waals surface area contributed by atoms with Gasteiger partial charge in [-0.05, 0) is 212 Å². The molecule has 2 aliphatic rings. The fourth-order valence-corrected chi connectivity index (χ4v) is 10.6. The Morgan fingerprint density at radius 3 is 1.16 bits per heavy atom. The Bertz CT molecular complexity index is 2830. The van der Waals surface area contributed by atoms with Crippen molar-refractivity contribution >= 4 is 139 Å². The van der Waals surface area contributed by atoms with Crippen molar-refractivity contribution in [3.8, 4) is 22.3 Å². The monoisotopic (exact) mass is 704 g/mol. The lowest BCUT2D eigenvalue weighted by Crippen LogP contribution is -2.41. The second-order valence-electron chi connectivity index (χ2n) is 16.8. The molecule has 2 aliphatic carbocycles. The first-order valence-electron chi connectivity index (χ1n) is 19.5. The molecule has 0 aliphatic heterocycles. The van der Waals surface area contributed by atoms with Crippen molar-refractivity contribution in [3.05, 3.63) is 89.0 Å². The predicted molar refractivity (Wildman–Crippen MR) is 253 cm³/mol. The first-order valence-corrected chi connectivity index (χ1v) is 19.5. The molecule has 6 aromatic rings. The van der Waals surface area contributed by atoms with Crippen molar-refractivity contribution in [2.45, 2.75) is 95.9 Å². The summed E-state index contributed by atoms with van der Waals surface area (Å²) in [6.07, 6.45) is 1.44. The Morgan fingerprint density at radius 2 is 0.625 bits per heavy atom. The van der Waals surface area contributed by atoms with Gasteiger partial charge in [0.2, 0.25) is 0 Å². The third-order valence-electron chi connectivity index (χ3n) is 14.5. The zero-order chi connectivity index (χ0) is 41.0. The smallest absolute Gasteiger partial charge is 0.110 e. The number of benzene rings is 6. The molecule has 16 radical (unpaired) electrons. The van der Waals surface area contributed by atoms with E-state index in [1.165, 1.54) is 50.1 Å². The van der Waals surface area contributed by atoms with Gasteiger partial charge >= 0.3 is 0 Å². The number of aryl methyl sites for hydroxylation is 3. The number of hydrogen-bond donors (Lipinski definition) is 0. The second-order valence-corrected chi connectivity index (χ2v) is 16.8. The maximum Gasteiger partial charge on any atom is 0.115 e. The van der Waals surface area contributed by atoms with E-state index in [0.717, 1.165) is 117 Å². The zero-order valence-electron chi connectivity index (χ0n) is 35.0. The molecule has 0 saturated carbocycles. The zero-order valence-corrected chi connectivity index (χ0v) is 35.0. The van der Waals surface area contributed by atoms with E-state index in [9.17, 15) is 0 Å². The Labute approximate surface area is 344 Å². The van der Waals surface area contributed by atoms with Crippen molar-refractivity contribution in [2.24, 2.45) is 0 Å². The van der Waals surface area contributed by atoms with E-state index in [1.54, 1.807) is 0 Å². The van der Waals surface area contributed by atoms with Crippen molar-refractivity contribution in [3.63, 3.8) is 0 Å². The molecule has 8 rings (SSSR count). The topological polar surface area (TPSA) is 0 Å². The Balaban J connectivity index is 1.60. The molecule has 8 heteroatoms. The van der Waals surface area contributed by atoms with E-state index in [0.29, 0.717) is 33.7 Å². The standard InChI is InChI=1S/C48H40B8/c1-15-16(2)18(4)31(19(5)17(15)3)38-34-23(9)44(52)45(53)24(10)35(34)39(40-36(38)25(11)46(54)48(56)47(40)55)32-20(6)27-13-28-29(37(27)43(51)21(32)7)14-30-33(28)22(8)41(49)26(12)42(30)50/h13-14H2,1-12H3. The number of allylic oxidation sites excluding steroid dienone is 2. The summed E-state index contributed by atoms with van der Waals surface area (Å²) in [6, 6.07) is 0. The lowest BCUT2D eigenvalue weighted by molar-refractivity contribution is 1.18. The van der Waals surface area contributed by atoms with Gasteiger partial charge in [0.1, 0.15) is 62.8 Å². The number of hydrogen-bond acceptors (Lipinski definition) is 0. The summed E-state index contributed by atoms with van der Waals surface area (Å²) in [4.78, 5) is 0. The van der Waals surface area contributed by atoms with Gasteiger partial charge in [0.15, 0.2) is 0 Å². The molecule has 0 spiro atoms. The lowest BCUT2D eigenvalue weighted by atomic mass is 9.63. The van der Waals surface area contributed by atoms with E-state index >= 15 is 0 Å². The minimum Gasteiger partial charge on any atom is -0.110 e. The number of fused-ring (bicyclic) bond motifs is 6. The van der Waals surface area contributed by atoms with Crippen molar-refractivity contribution in [1.82, 2.24) is 0 Å². The van der Waals surface area contributed by atoms with E-state index in [1.807, 2.05) is 6.92 Å². The second kappa shape index (κ2) is 12.8. The van der Waals surface area contributed by atoms with Crippen LogP contribution < -0.4 is 43.7 Å². The van der Waals surface area contributed by atoms with Gasteiger partial charge in [-0.2, -0.15) is 0 Å². The van der Waals surface area contributed by atoms with Gasteiger partial charge in [0.05, 0.1) is 0 Å². The van der Waals surface area contributed by atoms with Crippen LogP contribution in [0.1, 0.15) is 89.0 Å². The summed E-state index contributed by atoms with van der Waals surface area (Å²) >= 11 is 0. The Hall–Kier alpha value is -3.90. The predicted octanol–water partition coefficient (Wildman–Crippen LogP) is 3.40. The van der Waals surface area contributed by atoms with Crippen LogP contribution in [0.25, 0.3) is 54.9 Å². The van der Waals surface area contributed by atoms with Crippen LogP contribution >= 0.6 is 0 Å². The van der Waals surface area contributed by atoms with Crippen LogP contribution in [0.4, 0.5) is 0 Å². The minimum absolute atomic E-state index is 0.367. The van der Waals surface area contributed by atoms with E-state index < -0.39 is 0 Å². The quantitative estimate of drug-likeness (QED) is 0.192. The molecule has 56 heavy (non-hydrogen) atoms. The van der Waals surface area contributed by atoms with Crippen LogP contribution in [-0.4, -0.2) is 62.8 Å². The maximum atomic E-state index is 7.40. The third-order valence-corrected chi connectivity index (χ3v) is 14.5. The van der Waals surface area contributed by atoms with Crippen LogP contribution in [-0.2, 0) is 12.8 Å². The fourth-order valence-electron chi connectivity index (χ4n) is 10.6. The molecule has 0 fully saturated rings. The van der Waals surface area contributed by atoms with Gasteiger partial charge < -0.3 is 0 Å². The van der Waals surface area contributed by atoms with Gasteiger partial charge in [-0.25, -0.2) is 0 Å². The third kappa shape index (κ3) is 4.71. The average Bonchev–Trinajstić information content (AvgIpc) is 3.73. The molecule has 0 bridgehead atoms. The van der Waals surface area contributed by atoms with Crippen LogP contribution in [0.2, 0.25) is 0 Å². The van der Waals surface area contributed by atoms with Crippen LogP contribution in [0.3, 0.4) is 0 Å². The first kappa shape index (κ1) is 38.9. The largest absolute Gasteiger partial charge is 0.115 e. The maximum absolute atomic E-state index is 7.40. The molecule has 0 nitrogen and oxygen atoms in total. The van der Waals surface area contributed by atoms with Crippen molar-refractivity contribution in [2.75, 3.05) is 0 Å². The fraction of sp³-hybridized carbons (Fsp3) is 0.292. The van der Waals surface area contributed by atoms with Gasteiger partial charge in [-0.15, -0.1) is 10.9 Å². The lowest BCUT2D eigenvalue weighted by Gasteiger charge is -2.31. The summed E-state index contributed by atoms with van der Waals surface area (Å²) in [7, 11) is 55.8. The highest BCUT2D eigenvalue weighted by Crippen LogP contribution is 2.52. The molecular weight excluding hydrogens is 663 g/mol. The molecule has 0 unspecified atom stereocenters. The van der Waals surface area contributed by atoms with E-state index in [4.69, 9.17) is 62.8 Å². The van der Waals surface area contributed by atoms with E-state index in [2.05, 4.69) is 76.2 Å². The average molecular weight is 703 g/mol. The molecule has 0 saturated heterocycles. The summed E-state index contributed by atoms with van der Waals surface area (Å²) < 4.78 is 0. The molecule has 0 aromatic heterocycles. The highest BCUT2D eigenvalue weighted by Gasteiger charge is 2.37. The SMILES string of the molecule is [B]c1c(C)c([B])c2c(c1C)C1=C(C2)c2c([B])c(C)c(-c3c4c([B])c([B])c([B])c(C)c4c(-c4c(C)c(C)c(C)c(C)c4C)c4c(C)c([B])c([B])c(C)c34)c(C)c2C1. The summed E-state index contributed by atoms with van der Waals surface area (Å²) in [5.41, 5.74) is 28.9. The molecular formula is C48H40B8. The van der Waals surface area contributed by atoms with Crippen molar-refractivity contribution < 1.29 is 0 Å². The molecule has 0 atom stereocenters. The van der Waals surface area contributed by atoms with Gasteiger partial charge in [0, 0.05) is 0 Å². The first-order chi connectivity index (χ1) is 26.2. The van der Waals surface area contributed by atoms with Gasteiger partial charge in [-0.3, -0.25) is 0 Å². The Kier molecular flexibility index (Phi) is 8.90. The highest BCUT2D eigenvalue weighted by molar-refractivity contribution is 6.62. The molecule has 0 heterocycles. The van der Waals surface area contributed by atoms with Gasteiger partial charge in [0.25, 0.3) is 0 Å². The molecule has 0 N–H and O–H groups in total. The summed E-state index contributed by atoms with van der Waals surface area (Å²) in [5, 5.41) is 3.82. The number of rotatable bonds is 2. The molecule has 6 aromatic carbocycles. The minimum atomic E-state index is 0.367. The molecule has 256 valence electrons. The molecule has 0 amide bonds. The summed E-state index contributed by atoms with van der Waals surface area (Å²) in [5.74, 6) is 0. The van der Waals surface area contributed by atoms with Gasteiger partial charge in [-0.1, -0.05) is 60.6 Å². The summed E-state index contributed by atoms with van der Waals surface area (Å²) in [6.45, 7) is 25.7. The van der Waals surface area contributed by atoms with Crippen LogP contribution in [0, 0.1) is 83.1 Å². The normalized spacial score (nSPS) is 13.4. The van der Waals surface area contributed by atoms with Crippen LogP contribution in [0.15, 0.2) is 0 Å². The van der Waals surface area contributed by atoms with E-state index in [-0.39, 0.29) is 0 Å². The van der Waals surface area contributed by atoms with Crippen LogP contribution in [0.5, 0.6) is 0 Å².